The number of ether oxygens (including phenoxy) is 2. The van der Waals surface area contributed by atoms with Crippen molar-refractivity contribution in [1.82, 2.24) is 9.88 Å². The first-order chi connectivity index (χ1) is 14.8. The number of esters is 1. The smallest absolute Gasteiger partial charge is 0.308 e. The van der Waals surface area contributed by atoms with Gasteiger partial charge in [-0.15, -0.1) is 0 Å². The predicted molar refractivity (Wildman–Crippen MR) is 119 cm³/mol. The zero-order chi connectivity index (χ0) is 22.5. The zero-order valence-electron chi connectivity index (χ0n) is 18.9. The lowest BCUT2D eigenvalue weighted by molar-refractivity contribution is -0.146. The van der Waals surface area contributed by atoms with Gasteiger partial charge in [-0.25, -0.2) is 4.98 Å². The number of carbonyl (C=O) groups excluding carboxylic acids is 1. The van der Waals surface area contributed by atoms with Gasteiger partial charge in [-0.05, 0) is 68.0 Å². The second-order valence-corrected chi connectivity index (χ2v) is 8.35. The summed E-state index contributed by atoms with van der Waals surface area (Å²) in [4.78, 5) is 18.4. The first-order valence-corrected chi connectivity index (χ1v) is 10.6. The Morgan fingerprint density at radius 1 is 1.19 bits per heavy atom. The Labute approximate surface area is 183 Å². The SMILES string of the molecule is COC(=O)C1CCN(/C(=N\O)c2ccc(C)nc2Oc2cc(C)cc(C(C)C)c2)CC1. The fraction of sp³-hybridized carbons (Fsp3) is 0.458. The molecule has 1 aliphatic heterocycles. The molecule has 1 saturated heterocycles. The van der Waals surface area contributed by atoms with E-state index in [2.05, 4.69) is 30.1 Å². The lowest BCUT2D eigenvalue weighted by atomic mass is 9.96. The van der Waals surface area contributed by atoms with Gasteiger partial charge in [0, 0.05) is 18.8 Å². The number of amidine groups is 1. The Bertz CT molecular complexity index is 963. The normalized spacial score (nSPS) is 15.3. The van der Waals surface area contributed by atoms with E-state index < -0.39 is 0 Å². The quantitative estimate of drug-likeness (QED) is 0.247. The van der Waals surface area contributed by atoms with Crippen LogP contribution in [0.2, 0.25) is 0 Å². The Hall–Kier alpha value is -3.09. The van der Waals surface area contributed by atoms with Gasteiger partial charge in [0.1, 0.15) is 5.75 Å². The van der Waals surface area contributed by atoms with Crippen molar-refractivity contribution in [2.24, 2.45) is 11.1 Å². The molecule has 166 valence electrons. The van der Waals surface area contributed by atoms with Crippen molar-refractivity contribution >= 4 is 11.8 Å². The van der Waals surface area contributed by atoms with Crippen molar-refractivity contribution in [2.75, 3.05) is 20.2 Å². The number of hydrogen-bond acceptors (Lipinski definition) is 6. The van der Waals surface area contributed by atoms with E-state index in [1.54, 1.807) is 0 Å². The van der Waals surface area contributed by atoms with Crippen molar-refractivity contribution < 1.29 is 19.5 Å². The number of oxime groups is 1. The number of nitrogens with zero attached hydrogens (tertiary/aromatic N) is 3. The van der Waals surface area contributed by atoms with Gasteiger partial charge < -0.3 is 19.6 Å². The van der Waals surface area contributed by atoms with Crippen LogP contribution in [0.15, 0.2) is 35.5 Å². The number of methoxy groups -OCH3 is 1. The topological polar surface area (TPSA) is 84.2 Å². The summed E-state index contributed by atoms with van der Waals surface area (Å²) in [6, 6.07) is 9.86. The molecule has 1 aromatic heterocycles. The molecule has 0 unspecified atom stereocenters. The molecule has 31 heavy (non-hydrogen) atoms. The molecular formula is C24H31N3O4. The van der Waals surface area contributed by atoms with Crippen molar-refractivity contribution in [3.63, 3.8) is 0 Å². The summed E-state index contributed by atoms with van der Waals surface area (Å²) < 4.78 is 11.1. The number of benzene rings is 1. The van der Waals surface area contributed by atoms with E-state index in [0.717, 1.165) is 11.3 Å². The van der Waals surface area contributed by atoms with Crippen LogP contribution in [0, 0.1) is 19.8 Å². The summed E-state index contributed by atoms with van der Waals surface area (Å²) in [5.74, 6) is 1.53. The maximum absolute atomic E-state index is 11.8. The summed E-state index contributed by atoms with van der Waals surface area (Å²) in [6.07, 6.45) is 1.27. The van der Waals surface area contributed by atoms with Crippen molar-refractivity contribution in [3.05, 3.63) is 52.7 Å². The molecule has 7 heteroatoms. The highest BCUT2D eigenvalue weighted by Gasteiger charge is 2.29. The highest BCUT2D eigenvalue weighted by molar-refractivity contribution is 6.00. The maximum Gasteiger partial charge on any atom is 0.308 e. The van der Waals surface area contributed by atoms with Crippen molar-refractivity contribution in [2.45, 2.75) is 46.5 Å². The highest BCUT2D eigenvalue weighted by Crippen LogP contribution is 2.30. The minimum absolute atomic E-state index is 0.130. The van der Waals surface area contributed by atoms with E-state index in [4.69, 9.17) is 9.47 Å². The molecule has 0 saturated carbocycles. The van der Waals surface area contributed by atoms with Crippen LogP contribution in [0.5, 0.6) is 11.6 Å². The van der Waals surface area contributed by atoms with Crippen molar-refractivity contribution in [3.8, 4) is 11.6 Å². The molecule has 0 spiro atoms. The first kappa shape index (κ1) is 22.6. The molecule has 0 radical (unpaired) electrons. The number of aryl methyl sites for hydroxylation is 2. The molecule has 3 rings (SSSR count). The Kier molecular flexibility index (Phi) is 7.15. The van der Waals surface area contributed by atoms with E-state index in [1.807, 2.05) is 43.0 Å². The number of rotatable bonds is 5. The van der Waals surface area contributed by atoms with Crippen LogP contribution in [0.3, 0.4) is 0 Å². The van der Waals surface area contributed by atoms with Crippen LogP contribution < -0.4 is 4.74 Å². The van der Waals surface area contributed by atoms with E-state index in [0.29, 0.717) is 54.9 Å². The Morgan fingerprint density at radius 2 is 1.90 bits per heavy atom. The highest BCUT2D eigenvalue weighted by atomic mass is 16.5. The van der Waals surface area contributed by atoms with Gasteiger partial charge in [0.05, 0.1) is 18.6 Å². The van der Waals surface area contributed by atoms with Gasteiger partial charge in [-0.2, -0.15) is 0 Å². The Morgan fingerprint density at radius 3 is 2.52 bits per heavy atom. The number of aromatic nitrogens is 1. The second kappa shape index (κ2) is 9.81. The fourth-order valence-corrected chi connectivity index (χ4v) is 3.84. The van der Waals surface area contributed by atoms with E-state index in [9.17, 15) is 10.0 Å². The summed E-state index contributed by atoms with van der Waals surface area (Å²) in [7, 11) is 1.41. The maximum atomic E-state index is 11.8. The largest absolute Gasteiger partial charge is 0.469 e. The second-order valence-electron chi connectivity index (χ2n) is 8.35. The van der Waals surface area contributed by atoms with Gasteiger partial charge in [0.2, 0.25) is 5.88 Å². The average molecular weight is 426 g/mol. The van der Waals surface area contributed by atoms with Crippen LogP contribution >= 0.6 is 0 Å². The number of carbonyl (C=O) groups is 1. The van der Waals surface area contributed by atoms with E-state index >= 15 is 0 Å². The number of piperidine rings is 1. The predicted octanol–water partition coefficient (Wildman–Crippen LogP) is 4.63. The molecule has 1 N–H and O–H groups in total. The molecule has 0 bridgehead atoms. The molecule has 2 heterocycles. The summed E-state index contributed by atoms with van der Waals surface area (Å²) in [5, 5.41) is 13.4. The van der Waals surface area contributed by atoms with Crippen LogP contribution in [0.1, 0.15) is 55.0 Å². The van der Waals surface area contributed by atoms with Gasteiger partial charge in [0.25, 0.3) is 0 Å². The zero-order valence-corrected chi connectivity index (χ0v) is 18.9. The monoisotopic (exact) mass is 425 g/mol. The molecule has 0 aliphatic carbocycles. The van der Waals surface area contributed by atoms with Gasteiger partial charge in [0.15, 0.2) is 5.84 Å². The third kappa shape index (κ3) is 5.34. The van der Waals surface area contributed by atoms with Crippen LogP contribution in [0.25, 0.3) is 0 Å². The minimum Gasteiger partial charge on any atom is -0.469 e. The van der Waals surface area contributed by atoms with Gasteiger partial charge in [-0.1, -0.05) is 25.1 Å². The standard InChI is InChI=1S/C24H31N3O4/c1-15(2)19-12-16(3)13-20(14-19)31-23-21(7-6-17(4)25-23)22(26-29)27-10-8-18(9-11-27)24(28)30-5/h6-7,12-15,18,29H,8-11H2,1-5H3/b26-22-. The minimum atomic E-state index is -0.191. The third-order valence-corrected chi connectivity index (χ3v) is 5.62. The van der Waals surface area contributed by atoms with E-state index in [-0.39, 0.29) is 11.9 Å². The van der Waals surface area contributed by atoms with Crippen LogP contribution in [-0.2, 0) is 9.53 Å². The molecule has 2 aromatic rings. The molecule has 1 aromatic carbocycles. The third-order valence-electron chi connectivity index (χ3n) is 5.62. The summed E-state index contributed by atoms with van der Waals surface area (Å²) in [5.41, 5.74) is 3.70. The molecule has 0 atom stereocenters. The molecule has 7 nitrogen and oxygen atoms in total. The number of hydrogen-bond donors (Lipinski definition) is 1. The Balaban J connectivity index is 1.88. The summed E-state index contributed by atoms with van der Waals surface area (Å²) >= 11 is 0. The number of likely N-dealkylation sites (tertiary alicyclic amines) is 1. The lowest BCUT2D eigenvalue weighted by Crippen LogP contribution is -2.41. The van der Waals surface area contributed by atoms with Gasteiger partial charge >= 0.3 is 5.97 Å². The average Bonchev–Trinajstić information content (AvgIpc) is 2.75. The van der Waals surface area contributed by atoms with E-state index in [1.165, 1.54) is 12.7 Å². The molecule has 0 amide bonds. The van der Waals surface area contributed by atoms with Crippen molar-refractivity contribution in [1.29, 1.82) is 0 Å². The van der Waals surface area contributed by atoms with Crippen LogP contribution in [-0.4, -0.2) is 47.1 Å². The lowest BCUT2D eigenvalue weighted by Gasteiger charge is -2.32. The first-order valence-electron chi connectivity index (χ1n) is 10.6. The number of pyridine rings is 1. The fourth-order valence-electron chi connectivity index (χ4n) is 3.84. The molecule has 1 aliphatic rings. The molecule has 1 fully saturated rings. The van der Waals surface area contributed by atoms with Crippen LogP contribution in [0.4, 0.5) is 0 Å². The summed E-state index contributed by atoms with van der Waals surface area (Å²) in [6.45, 7) is 9.37. The molecular weight excluding hydrogens is 394 g/mol. The van der Waals surface area contributed by atoms with Gasteiger partial charge in [-0.3, -0.25) is 4.79 Å².